The van der Waals surface area contributed by atoms with Crippen LogP contribution in [0, 0.1) is 0 Å². The van der Waals surface area contributed by atoms with Crippen LogP contribution in [-0.2, 0) is 12.8 Å². The molecule has 0 unspecified atom stereocenters. The number of aliphatic hydroxyl groups is 2. The van der Waals surface area contributed by atoms with Gasteiger partial charge in [0.25, 0.3) is 0 Å². The minimum Gasteiger partial charge on any atom is -0.396 e. The van der Waals surface area contributed by atoms with Crippen LogP contribution in [0.15, 0.2) is 54.9 Å². The minimum atomic E-state index is 0.230. The summed E-state index contributed by atoms with van der Waals surface area (Å²) in [6.07, 6.45) is 9.02. The first-order chi connectivity index (χ1) is 13.8. The van der Waals surface area contributed by atoms with Gasteiger partial charge < -0.3 is 10.2 Å². The maximum atomic E-state index is 8.96. The molecule has 0 spiro atoms. The number of nitrogens with zero attached hydrogens (tertiary/aromatic N) is 3. The standard InChI is InChI=1S/C23H27N3O2/c27-14-3-1-6-18-10-12-24-22(16-18)20-8-5-9-21(26-20)23-17-19(11-13-25-23)7-2-4-15-28/h5,8-13,16-17,27-28H,1-4,6-7,14-15H2. The molecule has 3 aromatic heterocycles. The van der Waals surface area contributed by atoms with Gasteiger partial charge in [0, 0.05) is 25.6 Å². The van der Waals surface area contributed by atoms with E-state index in [-0.39, 0.29) is 13.2 Å². The zero-order valence-corrected chi connectivity index (χ0v) is 16.1. The van der Waals surface area contributed by atoms with Gasteiger partial charge in [-0.15, -0.1) is 0 Å². The van der Waals surface area contributed by atoms with Crippen LogP contribution in [0.4, 0.5) is 0 Å². The summed E-state index contributed by atoms with van der Waals surface area (Å²) in [6.45, 7) is 0.460. The van der Waals surface area contributed by atoms with Gasteiger partial charge in [-0.2, -0.15) is 0 Å². The van der Waals surface area contributed by atoms with Crippen molar-refractivity contribution in [3.05, 3.63) is 66.0 Å². The highest BCUT2D eigenvalue weighted by atomic mass is 16.3. The zero-order valence-electron chi connectivity index (χ0n) is 16.1. The molecule has 0 radical (unpaired) electrons. The molecule has 146 valence electrons. The highest BCUT2D eigenvalue weighted by molar-refractivity contribution is 5.62. The third-order valence-electron chi connectivity index (χ3n) is 4.67. The SMILES string of the molecule is OCCCCc1ccnc(-c2cccc(-c3cc(CCCCO)ccn3)n2)c1. The van der Waals surface area contributed by atoms with Crippen LogP contribution in [0.5, 0.6) is 0 Å². The Morgan fingerprint density at radius 2 is 1.11 bits per heavy atom. The number of rotatable bonds is 10. The summed E-state index contributed by atoms with van der Waals surface area (Å²) in [4.78, 5) is 13.8. The van der Waals surface area contributed by atoms with E-state index >= 15 is 0 Å². The second kappa shape index (κ2) is 10.6. The quantitative estimate of drug-likeness (QED) is 0.525. The maximum absolute atomic E-state index is 8.96. The summed E-state index contributed by atoms with van der Waals surface area (Å²) in [5, 5.41) is 17.9. The summed E-state index contributed by atoms with van der Waals surface area (Å²) in [5.74, 6) is 0. The molecule has 3 heterocycles. The number of hydrogen-bond acceptors (Lipinski definition) is 5. The Balaban J connectivity index is 1.79. The predicted octanol–water partition coefficient (Wildman–Crippen LogP) is 3.84. The Morgan fingerprint density at radius 3 is 1.57 bits per heavy atom. The first kappa shape index (κ1) is 20.1. The number of hydrogen-bond donors (Lipinski definition) is 2. The monoisotopic (exact) mass is 377 g/mol. The fourth-order valence-corrected chi connectivity index (χ4v) is 3.14. The lowest BCUT2D eigenvalue weighted by molar-refractivity contribution is 0.284. The number of aliphatic hydroxyl groups excluding tert-OH is 2. The molecule has 0 aliphatic carbocycles. The average Bonchev–Trinajstić information content (AvgIpc) is 2.75. The third kappa shape index (κ3) is 5.68. The predicted molar refractivity (Wildman–Crippen MR) is 111 cm³/mol. The number of aromatic nitrogens is 3. The van der Waals surface area contributed by atoms with Crippen LogP contribution < -0.4 is 0 Å². The van der Waals surface area contributed by atoms with Crippen LogP contribution in [-0.4, -0.2) is 38.4 Å². The van der Waals surface area contributed by atoms with Gasteiger partial charge in [-0.05, 0) is 86.1 Å². The fraction of sp³-hybridized carbons (Fsp3) is 0.348. The van der Waals surface area contributed by atoms with Gasteiger partial charge in [0.1, 0.15) is 0 Å². The average molecular weight is 377 g/mol. The van der Waals surface area contributed by atoms with E-state index in [0.29, 0.717) is 0 Å². The van der Waals surface area contributed by atoms with Gasteiger partial charge in [0.05, 0.1) is 22.8 Å². The smallest absolute Gasteiger partial charge is 0.0894 e. The van der Waals surface area contributed by atoms with Crippen molar-refractivity contribution in [2.45, 2.75) is 38.5 Å². The largest absolute Gasteiger partial charge is 0.396 e. The summed E-state index contributed by atoms with van der Waals surface area (Å²) in [6, 6.07) is 14.1. The van der Waals surface area contributed by atoms with Gasteiger partial charge in [0.2, 0.25) is 0 Å². The van der Waals surface area contributed by atoms with Crippen LogP contribution in [0.2, 0.25) is 0 Å². The minimum absolute atomic E-state index is 0.230. The molecule has 0 bridgehead atoms. The second-order valence-electron chi connectivity index (χ2n) is 6.87. The van der Waals surface area contributed by atoms with Crippen molar-refractivity contribution in [2.24, 2.45) is 0 Å². The molecule has 3 rings (SSSR count). The van der Waals surface area contributed by atoms with Crippen LogP contribution >= 0.6 is 0 Å². The van der Waals surface area contributed by atoms with Crippen molar-refractivity contribution < 1.29 is 10.2 Å². The molecule has 0 fully saturated rings. The second-order valence-corrected chi connectivity index (χ2v) is 6.87. The molecular weight excluding hydrogens is 350 g/mol. The number of pyridine rings is 3. The Bertz CT molecular complexity index is 814. The summed E-state index contributed by atoms with van der Waals surface area (Å²) in [5.41, 5.74) is 5.76. The highest BCUT2D eigenvalue weighted by Crippen LogP contribution is 2.22. The van der Waals surface area contributed by atoms with Crippen LogP contribution in [0.25, 0.3) is 22.8 Å². The molecule has 0 aliphatic rings. The van der Waals surface area contributed by atoms with Crippen LogP contribution in [0.1, 0.15) is 36.8 Å². The Kier molecular flexibility index (Phi) is 7.64. The van der Waals surface area contributed by atoms with Crippen molar-refractivity contribution in [1.29, 1.82) is 0 Å². The number of unbranched alkanes of at least 4 members (excludes halogenated alkanes) is 2. The maximum Gasteiger partial charge on any atom is 0.0894 e. The van der Waals surface area contributed by atoms with Crippen molar-refractivity contribution >= 4 is 0 Å². The van der Waals surface area contributed by atoms with E-state index in [2.05, 4.69) is 22.1 Å². The van der Waals surface area contributed by atoms with Crippen molar-refractivity contribution in [3.8, 4) is 22.8 Å². The van der Waals surface area contributed by atoms with E-state index in [1.165, 1.54) is 11.1 Å². The number of aryl methyl sites for hydroxylation is 2. The van der Waals surface area contributed by atoms with E-state index < -0.39 is 0 Å². The first-order valence-corrected chi connectivity index (χ1v) is 9.89. The molecule has 0 aromatic carbocycles. The topological polar surface area (TPSA) is 79.1 Å². The summed E-state index contributed by atoms with van der Waals surface area (Å²) < 4.78 is 0. The van der Waals surface area contributed by atoms with E-state index in [1.54, 1.807) is 0 Å². The lowest BCUT2D eigenvalue weighted by Crippen LogP contribution is -1.95. The van der Waals surface area contributed by atoms with Gasteiger partial charge in [0.15, 0.2) is 0 Å². The Hall–Kier alpha value is -2.63. The van der Waals surface area contributed by atoms with Gasteiger partial charge in [-0.25, -0.2) is 4.98 Å². The normalized spacial score (nSPS) is 10.9. The molecule has 0 atom stereocenters. The summed E-state index contributed by atoms with van der Waals surface area (Å²) >= 11 is 0. The van der Waals surface area contributed by atoms with E-state index in [4.69, 9.17) is 15.2 Å². The molecule has 5 heteroatoms. The first-order valence-electron chi connectivity index (χ1n) is 9.89. The summed E-state index contributed by atoms with van der Waals surface area (Å²) in [7, 11) is 0. The molecule has 3 aromatic rings. The molecule has 2 N–H and O–H groups in total. The van der Waals surface area contributed by atoms with Crippen LogP contribution in [0.3, 0.4) is 0 Å². The molecule has 5 nitrogen and oxygen atoms in total. The van der Waals surface area contributed by atoms with Crippen molar-refractivity contribution in [1.82, 2.24) is 15.0 Å². The fourth-order valence-electron chi connectivity index (χ4n) is 3.14. The molecule has 0 aliphatic heterocycles. The van der Waals surface area contributed by atoms with Crippen molar-refractivity contribution in [2.75, 3.05) is 13.2 Å². The Morgan fingerprint density at radius 1 is 0.607 bits per heavy atom. The molecule has 0 saturated heterocycles. The molecule has 0 saturated carbocycles. The van der Waals surface area contributed by atoms with Gasteiger partial charge in [-0.1, -0.05) is 6.07 Å². The lowest BCUT2D eigenvalue weighted by atomic mass is 10.1. The third-order valence-corrected chi connectivity index (χ3v) is 4.67. The van der Waals surface area contributed by atoms with Gasteiger partial charge in [-0.3, -0.25) is 9.97 Å². The molecular formula is C23H27N3O2. The van der Waals surface area contributed by atoms with Crippen molar-refractivity contribution in [3.63, 3.8) is 0 Å². The molecule has 0 amide bonds. The highest BCUT2D eigenvalue weighted by Gasteiger charge is 2.07. The zero-order chi connectivity index (χ0) is 19.6. The molecule has 28 heavy (non-hydrogen) atoms. The lowest BCUT2D eigenvalue weighted by Gasteiger charge is -2.07. The Labute approximate surface area is 166 Å². The van der Waals surface area contributed by atoms with E-state index in [9.17, 15) is 0 Å². The van der Waals surface area contributed by atoms with E-state index in [1.807, 2.05) is 42.7 Å². The van der Waals surface area contributed by atoms with E-state index in [0.717, 1.165) is 61.3 Å². The van der Waals surface area contributed by atoms with Gasteiger partial charge >= 0.3 is 0 Å².